The summed E-state index contributed by atoms with van der Waals surface area (Å²) in [6, 6.07) is -0.609. The molecular weight excluding hydrogens is 823 g/mol. The Morgan fingerprint density at radius 3 is 0.939 bits per heavy atom. The van der Waals surface area contributed by atoms with Crippen molar-refractivity contribution in [1.82, 2.24) is 0 Å². The first-order valence-electron chi connectivity index (χ1n) is 29.1. The highest BCUT2D eigenvalue weighted by Crippen LogP contribution is 2.18. The van der Waals surface area contributed by atoms with Crippen LogP contribution in [-0.4, -0.2) is 80.6 Å². The number of esters is 2. The molecule has 0 aliphatic heterocycles. The highest BCUT2D eigenvalue weighted by molar-refractivity contribution is 5.72. The number of carbonyl (C=O) groups is 3. The highest BCUT2D eigenvalue weighted by atomic mass is 16.6. The van der Waals surface area contributed by atoms with Crippen molar-refractivity contribution in [2.75, 3.05) is 41.0 Å². The van der Waals surface area contributed by atoms with Gasteiger partial charge in [0.1, 0.15) is 6.61 Å². The minimum atomic E-state index is -0.867. The first kappa shape index (κ1) is 64.3. The van der Waals surface area contributed by atoms with E-state index >= 15 is 0 Å². The Labute approximate surface area is 410 Å². The molecule has 0 aliphatic rings. The number of likely N-dealkylation sites (N-methyl/N-ethyl adjacent to an activating group) is 1. The van der Waals surface area contributed by atoms with Crippen LogP contribution in [0.3, 0.4) is 0 Å². The van der Waals surface area contributed by atoms with Gasteiger partial charge in [0, 0.05) is 19.3 Å². The van der Waals surface area contributed by atoms with E-state index in [1.165, 1.54) is 231 Å². The molecule has 0 fully saturated rings. The van der Waals surface area contributed by atoms with Crippen molar-refractivity contribution in [1.29, 1.82) is 0 Å². The Morgan fingerprint density at radius 1 is 0.394 bits per heavy atom. The predicted octanol–water partition coefficient (Wildman–Crippen LogP) is 17.2. The third-order valence-corrected chi connectivity index (χ3v) is 13.8. The minimum absolute atomic E-state index is 0.0408. The summed E-state index contributed by atoms with van der Waals surface area (Å²) in [5.41, 5.74) is 0. The average molecular weight is 938 g/mol. The van der Waals surface area contributed by atoms with Crippen LogP contribution < -0.4 is 0 Å². The van der Waals surface area contributed by atoms with E-state index in [9.17, 15) is 19.5 Å². The van der Waals surface area contributed by atoms with Crippen molar-refractivity contribution < 1.29 is 38.2 Å². The van der Waals surface area contributed by atoms with Crippen molar-refractivity contribution in [2.45, 2.75) is 315 Å². The normalized spacial score (nSPS) is 12.7. The summed E-state index contributed by atoms with van der Waals surface area (Å²) in [5, 5.41) is 9.68. The molecule has 0 spiro atoms. The van der Waals surface area contributed by atoms with E-state index in [0.29, 0.717) is 19.3 Å². The van der Waals surface area contributed by atoms with E-state index in [0.717, 1.165) is 38.5 Å². The van der Waals surface area contributed by atoms with Gasteiger partial charge in [0.15, 0.2) is 12.1 Å². The molecule has 8 heteroatoms. The van der Waals surface area contributed by atoms with Crippen molar-refractivity contribution >= 4 is 17.9 Å². The quantitative estimate of drug-likeness (QED) is 0.0368. The summed E-state index contributed by atoms with van der Waals surface area (Å²) >= 11 is 0. The molecule has 0 aromatic rings. The zero-order valence-electron chi connectivity index (χ0n) is 44.9. The molecule has 0 aromatic carbocycles. The van der Waals surface area contributed by atoms with Crippen LogP contribution in [0.1, 0.15) is 303 Å². The topological polar surface area (TPSA) is 99.1 Å². The van der Waals surface area contributed by atoms with Gasteiger partial charge in [-0.2, -0.15) is 0 Å². The zero-order chi connectivity index (χ0) is 48.4. The van der Waals surface area contributed by atoms with E-state index in [1.807, 2.05) is 21.1 Å². The van der Waals surface area contributed by atoms with E-state index in [1.54, 1.807) is 0 Å². The van der Waals surface area contributed by atoms with Gasteiger partial charge < -0.3 is 23.8 Å². The third kappa shape index (κ3) is 47.4. The molecule has 2 atom stereocenters. The van der Waals surface area contributed by atoms with Gasteiger partial charge in [0.05, 0.1) is 34.4 Å². The second-order valence-corrected chi connectivity index (χ2v) is 21.3. The van der Waals surface area contributed by atoms with Gasteiger partial charge in [-0.15, -0.1) is 0 Å². The van der Waals surface area contributed by atoms with Crippen LogP contribution in [-0.2, 0) is 28.6 Å². The summed E-state index contributed by atoms with van der Waals surface area (Å²) < 4.78 is 17.4. The highest BCUT2D eigenvalue weighted by Gasteiger charge is 2.31. The fourth-order valence-corrected chi connectivity index (χ4v) is 9.27. The molecule has 0 aromatic heterocycles. The summed E-state index contributed by atoms with van der Waals surface area (Å²) in [4.78, 5) is 37.3. The molecule has 0 saturated heterocycles. The lowest BCUT2D eigenvalue weighted by atomic mass is 10.0. The molecule has 66 heavy (non-hydrogen) atoms. The minimum Gasteiger partial charge on any atom is -0.477 e. The molecule has 392 valence electrons. The molecule has 0 rings (SSSR count). The first-order chi connectivity index (χ1) is 32.1. The molecule has 0 radical (unpaired) electrons. The van der Waals surface area contributed by atoms with Gasteiger partial charge in [-0.3, -0.25) is 9.59 Å². The van der Waals surface area contributed by atoms with Crippen molar-refractivity contribution in [3.63, 3.8) is 0 Å². The molecule has 0 saturated carbocycles. The summed E-state index contributed by atoms with van der Waals surface area (Å²) in [7, 11) is 5.56. The Balaban J connectivity index is 4.10. The van der Waals surface area contributed by atoms with Crippen LogP contribution in [0.2, 0.25) is 0 Å². The van der Waals surface area contributed by atoms with E-state index in [2.05, 4.69) is 13.8 Å². The number of nitrogens with zero attached hydrogens (tertiary/aromatic N) is 1. The first-order valence-corrected chi connectivity index (χ1v) is 29.1. The maximum atomic E-state index is 12.8. The standard InChI is InChI=1S/C58H113NO7/c1-6-8-10-12-14-16-18-20-22-24-26-28-30-32-34-36-38-40-42-44-46-48-56(60)65-53-54(52-64-51-50-55(58(62)63)59(3,4)5)66-57(61)49-47-45-43-41-39-37-35-33-31-29-27-25-23-21-19-17-15-13-11-9-7-2/h54-55H,6-53H2,1-5H3/p+1. The summed E-state index contributed by atoms with van der Waals surface area (Å²) in [5.74, 6) is -1.43. The number of unbranched alkanes of at least 4 members (excludes halogenated alkanes) is 40. The van der Waals surface area contributed by atoms with Gasteiger partial charge in [-0.05, 0) is 12.8 Å². The molecule has 0 amide bonds. The van der Waals surface area contributed by atoms with Crippen LogP contribution in [0.4, 0.5) is 0 Å². The van der Waals surface area contributed by atoms with Crippen LogP contribution in [0.15, 0.2) is 0 Å². The van der Waals surface area contributed by atoms with E-state index in [4.69, 9.17) is 14.2 Å². The predicted molar refractivity (Wildman–Crippen MR) is 280 cm³/mol. The van der Waals surface area contributed by atoms with Crippen LogP contribution in [0.5, 0.6) is 0 Å². The van der Waals surface area contributed by atoms with Gasteiger partial charge in [0.2, 0.25) is 0 Å². The van der Waals surface area contributed by atoms with Gasteiger partial charge in [-0.25, -0.2) is 4.79 Å². The number of carboxylic acids is 1. The van der Waals surface area contributed by atoms with Crippen molar-refractivity contribution in [3.05, 3.63) is 0 Å². The van der Waals surface area contributed by atoms with Crippen LogP contribution in [0, 0.1) is 0 Å². The molecule has 0 bridgehead atoms. The molecule has 1 N–H and O–H groups in total. The average Bonchev–Trinajstić information content (AvgIpc) is 3.28. The fourth-order valence-electron chi connectivity index (χ4n) is 9.27. The summed E-state index contributed by atoms with van der Waals surface area (Å²) in [6.07, 6.45) is 55.9. The Bertz CT molecular complexity index is 1050. The van der Waals surface area contributed by atoms with Crippen molar-refractivity contribution in [2.24, 2.45) is 0 Å². The Hall–Kier alpha value is -1.67. The largest absolute Gasteiger partial charge is 0.477 e. The summed E-state index contributed by atoms with van der Waals surface area (Å²) in [6.45, 7) is 4.82. The molecule has 2 unspecified atom stereocenters. The fraction of sp³-hybridized carbons (Fsp3) is 0.948. The lowest BCUT2D eigenvalue weighted by Crippen LogP contribution is -2.50. The second kappa shape index (κ2) is 49.7. The zero-order valence-corrected chi connectivity index (χ0v) is 44.9. The number of ether oxygens (including phenoxy) is 3. The number of hydrogen-bond donors (Lipinski definition) is 1. The number of quaternary nitrogens is 1. The number of carbonyl (C=O) groups excluding carboxylic acids is 2. The SMILES string of the molecule is CCCCCCCCCCCCCCCCCCCCCCCC(=O)OCC(COCCC(C(=O)O)[N+](C)(C)C)OC(=O)CCCCCCCCCCCCCCCCCCCCCCC. The Kier molecular flexibility index (Phi) is 48.5. The van der Waals surface area contributed by atoms with Crippen LogP contribution >= 0.6 is 0 Å². The molecule has 8 nitrogen and oxygen atoms in total. The molecular formula is C58H114NO7+. The number of rotatable bonds is 54. The van der Waals surface area contributed by atoms with Gasteiger partial charge >= 0.3 is 17.9 Å². The monoisotopic (exact) mass is 937 g/mol. The van der Waals surface area contributed by atoms with Crippen LogP contribution in [0.25, 0.3) is 0 Å². The van der Waals surface area contributed by atoms with E-state index < -0.39 is 18.1 Å². The maximum absolute atomic E-state index is 12.8. The lowest BCUT2D eigenvalue weighted by molar-refractivity contribution is -0.887. The number of carboxylic acid groups (broad SMARTS) is 1. The van der Waals surface area contributed by atoms with Gasteiger partial charge in [-0.1, -0.05) is 271 Å². The number of hydrogen-bond acceptors (Lipinski definition) is 6. The lowest BCUT2D eigenvalue weighted by Gasteiger charge is -2.31. The van der Waals surface area contributed by atoms with Gasteiger partial charge in [0.25, 0.3) is 0 Å². The maximum Gasteiger partial charge on any atom is 0.362 e. The Morgan fingerprint density at radius 2 is 0.667 bits per heavy atom. The third-order valence-electron chi connectivity index (χ3n) is 13.8. The molecule has 0 heterocycles. The van der Waals surface area contributed by atoms with Crippen molar-refractivity contribution in [3.8, 4) is 0 Å². The number of aliphatic carboxylic acids is 1. The molecule has 0 aliphatic carbocycles. The smallest absolute Gasteiger partial charge is 0.362 e. The second-order valence-electron chi connectivity index (χ2n) is 21.3. The van der Waals surface area contributed by atoms with E-state index in [-0.39, 0.29) is 36.2 Å².